The Morgan fingerprint density at radius 3 is 2.88 bits per heavy atom. The molecule has 1 aliphatic heterocycles. The van der Waals surface area contributed by atoms with Gasteiger partial charge in [0.15, 0.2) is 0 Å². The molecule has 82 valence electrons. The Morgan fingerprint density at radius 1 is 1.50 bits per heavy atom. The van der Waals surface area contributed by atoms with E-state index in [9.17, 15) is 4.79 Å². The van der Waals surface area contributed by atoms with Crippen molar-refractivity contribution < 1.29 is 9.90 Å². The van der Waals surface area contributed by atoms with Crippen LogP contribution in [0, 0.1) is 17.2 Å². The average Bonchev–Trinajstić information content (AvgIpc) is 2.78. The first-order valence-corrected chi connectivity index (χ1v) is 5.17. The molecular formula is C12H12N2O2. The summed E-state index contributed by atoms with van der Waals surface area (Å²) in [6.07, 6.45) is 0.550. The zero-order chi connectivity index (χ0) is 11.5. The molecule has 0 aromatic heterocycles. The van der Waals surface area contributed by atoms with Gasteiger partial charge in [-0.1, -0.05) is 18.2 Å². The molecule has 1 aromatic carbocycles. The highest BCUT2D eigenvalue weighted by atomic mass is 16.4. The highest BCUT2D eigenvalue weighted by Crippen LogP contribution is 2.29. The number of hydrogen-bond acceptors (Lipinski definition) is 3. The van der Waals surface area contributed by atoms with E-state index in [1.54, 1.807) is 6.07 Å². The standard InChI is InChI=1S/C12H12N2O2/c13-6-8-3-1-2-4-10(8)11-5-9(7-14-11)12(15)16/h1-4,9,11,14H,5,7H2,(H,15,16). The van der Waals surface area contributed by atoms with Crippen LogP contribution < -0.4 is 5.32 Å². The lowest BCUT2D eigenvalue weighted by Crippen LogP contribution is -2.17. The first-order valence-electron chi connectivity index (χ1n) is 5.17. The third-order valence-electron chi connectivity index (χ3n) is 2.94. The minimum absolute atomic E-state index is 0.0167. The zero-order valence-electron chi connectivity index (χ0n) is 8.68. The highest BCUT2D eigenvalue weighted by molar-refractivity contribution is 5.71. The highest BCUT2D eigenvalue weighted by Gasteiger charge is 2.30. The van der Waals surface area contributed by atoms with Gasteiger partial charge in [0.1, 0.15) is 0 Å². The van der Waals surface area contributed by atoms with Gasteiger partial charge in [-0.15, -0.1) is 0 Å². The second kappa shape index (κ2) is 4.33. The predicted molar refractivity (Wildman–Crippen MR) is 57.6 cm³/mol. The molecule has 4 nitrogen and oxygen atoms in total. The van der Waals surface area contributed by atoms with Crippen molar-refractivity contribution in [1.29, 1.82) is 5.26 Å². The van der Waals surface area contributed by atoms with Crippen molar-refractivity contribution >= 4 is 5.97 Å². The Kier molecular flexibility index (Phi) is 2.88. The molecule has 16 heavy (non-hydrogen) atoms. The van der Waals surface area contributed by atoms with Gasteiger partial charge in [0.2, 0.25) is 0 Å². The largest absolute Gasteiger partial charge is 0.481 e. The first-order chi connectivity index (χ1) is 7.72. The summed E-state index contributed by atoms with van der Waals surface area (Å²) in [4.78, 5) is 10.8. The summed E-state index contributed by atoms with van der Waals surface area (Å²) < 4.78 is 0. The van der Waals surface area contributed by atoms with Crippen LogP contribution in [-0.2, 0) is 4.79 Å². The lowest BCUT2D eigenvalue weighted by molar-refractivity contribution is -0.141. The lowest BCUT2D eigenvalue weighted by atomic mass is 9.97. The second-order valence-corrected chi connectivity index (χ2v) is 3.93. The Morgan fingerprint density at radius 2 is 2.25 bits per heavy atom. The summed E-state index contributed by atoms with van der Waals surface area (Å²) in [5.74, 6) is -1.12. The topological polar surface area (TPSA) is 73.1 Å². The van der Waals surface area contributed by atoms with Crippen molar-refractivity contribution in [2.24, 2.45) is 5.92 Å². The first kappa shape index (κ1) is 10.7. The van der Waals surface area contributed by atoms with Gasteiger partial charge in [0.05, 0.1) is 17.6 Å². The fourth-order valence-electron chi connectivity index (χ4n) is 2.06. The van der Waals surface area contributed by atoms with E-state index in [2.05, 4.69) is 11.4 Å². The molecule has 2 atom stereocenters. The quantitative estimate of drug-likeness (QED) is 0.781. The summed E-state index contributed by atoms with van der Waals surface area (Å²) in [6, 6.07) is 9.42. The number of rotatable bonds is 2. The maximum absolute atomic E-state index is 10.8. The van der Waals surface area contributed by atoms with Gasteiger partial charge < -0.3 is 10.4 Å². The minimum atomic E-state index is -0.774. The van der Waals surface area contributed by atoms with Crippen LogP contribution in [0.3, 0.4) is 0 Å². The number of nitriles is 1. The summed E-state index contributed by atoms with van der Waals surface area (Å²) in [5.41, 5.74) is 1.51. The predicted octanol–water partition coefficient (Wildman–Crippen LogP) is 1.29. The van der Waals surface area contributed by atoms with Gasteiger partial charge in [-0.3, -0.25) is 4.79 Å². The Balaban J connectivity index is 2.21. The van der Waals surface area contributed by atoms with Crippen LogP contribution in [0.15, 0.2) is 24.3 Å². The smallest absolute Gasteiger partial charge is 0.307 e. The monoisotopic (exact) mass is 216 g/mol. The fraction of sp³-hybridized carbons (Fsp3) is 0.333. The van der Waals surface area contributed by atoms with Crippen molar-refractivity contribution in [3.8, 4) is 6.07 Å². The molecular weight excluding hydrogens is 204 g/mol. The van der Waals surface area contributed by atoms with E-state index in [1.165, 1.54) is 0 Å². The van der Waals surface area contributed by atoms with Crippen LogP contribution in [0.25, 0.3) is 0 Å². The Hall–Kier alpha value is -1.86. The van der Waals surface area contributed by atoms with E-state index in [1.807, 2.05) is 18.2 Å². The van der Waals surface area contributed by atoms with Crippen LogP contribution in [0.2, 0.25) is 0 Å². The molecule has 2 N–H and O–H groups in total. The van der Waals surface area contributed by atoms with Crippen molar-refractivity contribution in [3.05, 3.63) is 35.4 Å². The molecule has 1 aromatic rings. The minimum Gasteiger partial charge on any atom is -0.481 e. The molecule has 0 saturated carbocycles. The number of aliphatic carboxylic acids is 1. The normalized spacial score (nSPS) is 23.9. The second-order valence-electron chi connectivity index (χ2n) is 3.93. The maximum Gasteiger partial charge on any atom is 0.307 e. The lowest BCUT2D eigenvalue weighted by Gasteiger charge is -2.11. The number of hydrogen-bond donors (Lipinski definition) is 2. The number of benzene rings is 1. The molecule has 0 bridgehead atoms. The van der Waals surface area contributed by atoms with E-state index in [4.69, 9.17) is 10.4 Å². The fourth-order valence-corrected chi connectivity index (χ4v) is 2.06. The number of carboxylic acid groups (broad SMARTS) is 1. The number of carboxylic acids is 1. The van der Waals surface area contributed by atoms with Crippen LogP contribution in [-0.4, -0.2) is 17.6 Å². The van der Waals surface area contributed by atoms with E-state index in [-0.39, 0.29) is 12.0 Å². The van der Waals surface area contributed by atoms with Gasteiger partial charge in [0.25, 0.3) is 0 Å². The SMILES string of the molecule is N#Cc1ccccc1C1CC(C(=O)O)CN1. The molecule has 4 heteroatoms. The molecule has 1 heterocycles. The summed E-state index contributed by atoms with van der Waals surface area (Å²) >= 11 is 0. The molecule has 0 radical (unpaired) electrons. The summed E-state index contributed by atoms with van der Waals surface area (Å²) in [6.45, 7) is 0.472. The molecule has 0 aliphatic carbocycles. The van der Waals surface area contributed by atoms with Crippen molar-refractivity contribution in [2.75, 3.05) is 6.54 Å². The molecule has 0 spiro atoms. The van der Waals surface area contributed by atoms with E-state index < -0.39 is 5.97 Å². The molecule has 1 fully saturated rings. The molecule has 0 amide bonds. The average molecular weight is 216 g/mol. The van der Waals surface area contributed by atoms with Crippen LogP contribution >= 0.6 is 0 Å². The van der Waals surface area contributed by atoms with Gasteiger partial charge in [0, 0.05) is 12.6 Å². The zero-order valence-corrected chi connectivity index (χ0v) is 8.68. The van der Waals surface area contributed by atoms with Crippen LogP contribution in [0.4, 0.5) is 0 Å². The molecule has 1 saturated heterocycles. The Bertz CT molecular complexity index is 451. The molecule has 2 rings (SSSR count). The van der Waals surface area contributed by atoms with Crippen molar-refractivity contribution in [2.45, 2.75) is 12.5 Å². The van der Waals surface area contributed by atoms with E-state index >= 15 is 0 Å². The van der Waals surface area contributed by atoms with Gasteiger partial charge in [-0.25, -0.2) is 0 Å². The maximum atomic E-state index is 10.8. The van der Waals surface area contributed by atoms with Crippen molar-refractivity contribution in [1.82, 2.24) is 5.32 Å². The Labute approximate surface area is 93.5 Å². The van der Waals surface area contributed by atoms with E-state index in [0.29, 0.717) is 18.5 Å². The van der Waals surface area contributed by atoms with Gasteiger partial charge in [-0.2, -0.15) is 5.26 Å². The molecule has 1 aliphatic rings. The number of carbonyl (C=O) groups is 1. The number of nitrogens with zero attached hydrogens (tertiary/aromatic N) is 1. The van der Waals surface area contributed by atoms with Crippen LogP contribution in [0.5, 0.6) is 0 Å². The van der Waals surface area contributed by atoms with Gasteiger partial charge in [-0.05, 0) is 18.1 Å². The summed E-state index contributed by atoms with van der Waals surface area (Å²) in [5, 5.41) is 21.0. The third kappa shape index (κ3) is 1.90. The van der Waals surface area contributed by atoms with Gasteiger partial charge >= 0.3 is 5.97 Å². The van der Waals surface area contributed by atoms with Crippen LogP contribution in [0.1, 0.15) is 23.6 Å². The third-order valence-corrected chi connectivity index (χ3v) is 2.94. The summed E-state index contributed by atoms with van der Waals surface area (Å²) in [7, 11) is 0. The van der Waals surface area contributed by atoms with E-state index in [0.717, 1.165) is 5.56 Å². The van der Waals surface area contributed by atoms with Crippen molar-refractivity contribution in [3.63, 3.8) is 0 Å². The number of nitrogens with one attached hydrogen (secondary N) is 1. The molecule has 2 unspecified atom stereocenters.